The van der Waals surface area contributed by atoms with E-state index in [9.17, 15) is 0 Å². The predicted octanol–water partition coefficient (Wildman–Crippen LogP) is 2.09. The SMILES string of the molecule is Cc1cc(Nc2c(C#N)c(Br)nn2C)no1. The van der Waals surface area contributed by atoms with E-state index in [4.69, 9.17) is 9.78 Å². The van der Waals surface area contributed by atoms with E-state index in [1.54, 1.807) is 24.7 Å². The molecule has 0 radical (unpaired) electrons. The van der Waals surface area contributed by atoms with E-state index in [0.717, 1.165) is 0 Å². The van der Waals surface area contributed by atoms with Gasteiger partial charge in [-0.25, -0.2) is 0 Å². The molecular weight excluding hydrogens is 274 g/mol. The van der Waals surface area contributed by atoms with Crippen molar-refractivity contribution >= 4 is 27.6 Å². The topological polar surface area (TPSA) is 79.7 Å². The molecular formula is C9H8BrN5O. The van der Waals surface area contributed by atoms with Crippen LogP contribution < -0.4 is 5.32 Å². The van der Waals surface area contributed by atoms with Gasteiger partial charge in [0.2, 0.25) is 0 Å². The highest BCUT2D eigenvalue weighted by Crippen LogP contribution is 2.25. The van der Waals surface area contributed by atoms with Gasteiger partial charge in [-0.15, -0.1) is 0 Å². The predicted molar refractivity (Wildman–Crippen MR) is 60.1 cm³/mol. The Hall–Kier alpha value is -1.81. The molecule has 2 rings (SSSR count). The Balaban J connectivity index is 2.38. The standard InChI is InChI=1S/C9H8BrN5O/c1-5-3-7(14-16-5)12-9-6(4-11)8(10)13-15(9)2/h3H,1-2H3,(H,12,14). The fraction of sp³-hybridized carbons (Fsp3) is 0.222. The summed E-state index contributed by atoms with van der Waals surface area (Å²) in [5.41, 5.74) is 0.433. The second-order valence-electron chi connectivity index (χ2n) is 3.20. The maximum Gasteiger partial charge on any atom is 0.175 e. The molecule has 2 aromatic heterocycles. The highest BCUT2D eigenvalue weighted by atomic mass is 79.9. The second kappa shape index (κ2) is 3.98. The number of hydrogen-bond acceptors (Lipinski definition) is 5. The largest absolute Gasteiger partial charge is 0.360 e. The van der Waals surface area contributed by atoms with Gasteiger partial charge in [0.05, 0.1) is 0 Å². The minimum atomic E-state index is 0.433. The summed E-state index contributed by atoms with van der Waals surface area (Å²) in [5, 5.41) is 19.8. The van der Waals surface area contributed by atoms with Crippen LogP contribution in [-0.4, -0.2) is 14.9 Å². The summed E-state index contributed by atoms with van der Waals surface area (Å²) in [6.07, 6.45) is 0. The lowest BCUT2D eigenvalue weighted by Crippen LogP contribution is -2.00. The molecule has 2 aromatic rings. The molecule has 0 atom stereocenters. The van der Waals surface area contributed by atoms with Crippen molar-refractivity contribution in [3.63, 3.8) is 0 Å². The van der Waals surface area contributed by atoms with E-state index >= 15 is 0 Å². The van der Waals surface area contributed by atoms with Crippen molar-refractivity contribution in [2.75, 3.05) is 5.32 Å². The first-order valence-corrected chi connectivity index (χ1v) is 5.24. The molecule has 0 fully saturated rings. The third kappa shape index (κ3) is 1.79. The Morgan fingerprint density at radius 3 is 2.94 bits per heavy atom. The summed E-state index contributed by atoms with van der Waals surface area (Å²) < 4.78 is 6.98. The van der Waals surface area contributed by atoms with Crippen molar-refractivity contribution < 1.29 is 4.52 Å². The molecule has 16 heavy (non-hydrogen) atoms. The van der Waals surface area contributed by atoms with Crippen LogP contribution in [0.15, 0.2) is 15.2 Å². The van der Waals surface area contributed by atoms with Crippen molar-refractivity contribution in [3.05, 3.63) is 22.0 Å². The number of aryl methyl sites for hydroxylation is 2. The zero-order valence-corrected chi connectivity index (χ0v) is 10.2. The van der Waals surface area contributed by atoms with Crippen LogP contribution in [0, 0.1) is 18.3 Å². The minimum absolute atomic E-state index is 0.433. The average Bonchev–Trinajstić information content (AvgIpc) is 2.73. The Labute approximate surface area is 100.0 Å². The fourth-order valence-electron chi connectivity index (χ4n) is 1.28. The van der Waals surface area contributed by atoms with E-state index in [1.165, 1.54) is 0 Å². The summed E-state index contributed by atoms with van der Waals surface area (Å²) in [4.78, 5) is 0. The fourth-order valence-corrected chi connectivity index (χ4v) is 1.79. The molecule has 0 spiro atoms. The maximum absolute atomic E-state index is 8.98. The molecule has 0 aliphatic heterocycles. The lowest BCUT2D eigenvalue weighted by Gasteiger charge is -2.01. The quantitative estimate of drug-likeness (QED) is 0.912. The zero-order chi connectivity index (χ0) is 11.7. The first-order chi connectivity index (χ1) is 7.61. The van der Waals surface area contributed by atoms with Gasteiger partial charge < -0.3 is 9.84 Å². The summed E-state index contributed by atoms with van der Waals surface area (Å²) in [5.74, 6) is 1.81. The normalized spacial score (nSPS) is 10.1. The molecule has 1 N–H and O–H groups in total. The van der Waals surface area contributed by atoms with Gasteiger partial charge in [-0.1, -0.05) is 5.16 Å². The molecule has 2 heterocycles. The Kier molecular flexibility index (Phi) is 2.66. The third-order valence-corrected chi connectivity index (χ3v) is 2.55. The van der Waals surface area contributed by atoms with Gasteiger partial charge in [0.1, 0.15) is 27.8 Å². The van der Waals surface area contributed by atoms with Crippen LogP contribution in [0.4, 0.5) is 11.6 Å². The molecule has 0 aliphatic rings. The number of anilines is 2. The number of nitrogens with one attached hydrogen (secondary N) is 1. The second-order valence-corrected chi connectivity index (χ2v) is 3.95. The Bertz CT molecular complexity index is 565. The van der Waals surface area contributed by atoms with Crippen molar-refractivity contribution in [1.29, 1.82) is 5.26 Å². The molecule has 0 bridgehead atoms. The van der Waals surface area contributed by atoms with Gasteiger partial charge in [0.25, 0.3) is 0 Å². The molecule has 0 aromatic carbocycles. The lowest BCUT2D eigenvalue weighted by molar-refractivity contribution is 0.400. The average molecular weight is 282 g/mol. The third-order valence-electron chi connectivity index (χ3n) is 1.99. The summed E-state index contributed by atoms with van der Waals surface area (Å²) >= 11 is 3.21. The molecule has 0 saturated carbocycles. The lowest BCUT2D eigenvalue weighted by atomic mass is 10.3. The smallest absolute Gasteiger partial charge is 0.175 e. The van der Waals surface area contributed by atoms with Crippen LogP contribution in [0.5, 0.6) is 0 Å². The van der Waals surface area contributed by atoms with Crippen molar-refractivity contribution in [1.82, 2.24) is 14.9 Å². The van der Waals surface area contributed by atoms with Crippen molar-refractivity contribution in [3.8, 4) is 6.07 Å². The van der Waals surface area contributed by atoms with Crippen molar-refractivity contribution in [2.45, 2.75) is 6.92 Å². The van der Waals surface area contributed by atoms with Gasteiger partial charge in [0, 0.05) is 13.1 Å². The van der Waals surface area contributed by atoms with E-state index in [0.29, 0.717) is 27.6 Å². The number of aromatic nitrogens is 3. The molecule has 0 unspecified atom stereocenters. The maximum atomic E-state index is 8.98. The number of rotatable bonds is 2. The zero-order valence-electron chi connectivity index (χ0n) is 8.65. The summed E-state index contributed by atoms with van der Waals surface area (Å²) in [6, 6.07) is 3.80. The minimum Gasteiger partial charge on any atom is -0.360 e. The number of hydrogen-bond donors (Lipinski definition) is 1. The number of nitriles is 1. The van der Waals surface area contributed by atoms with E-state index in [1.807, 2.05) is 0 Å². The molecule has 6 nitrogen and oxygen atoms in total. The Morgan fingerprint density at radius 2 is 2.38 bits per heavy atom. The monoisotopic (exact) mass is 281 g/mol. The van der Waals surface area contributed by atoms with Crippen molar-refractivity contribution in [2.24, 2.45) is 7.05 Å². The van der Waals surface area contributed by atoms with Gasteiger partial charge in [-0.05, 0) is 22.9 Å². The molecule has 0 aliphatic carbocycles. The first kappa shape index (κ1) is 10.7. The summed E-state index contributed by atoms with van der Waals surface area (Å²) in [7, 11) is 1.74. The van der Waals surface area contributed by atoms with Crippen LogP contribution in [0.3, 0.4) is 0 Å². The molecule has 7 heteroatoms. The van der Waals surface area contributed by atoms with Crippen LogP contribution in [0.2, 0.25) is 0 Å². The van der Waals surface area contributed by atoms with Crippen LogP contribution in [-0.2, 0) is 7.05 Å². The van der Waals surface area contributed by atoms with Gasteiger partial charge in [0.15, 0.2) is 5.82 Å². The Morgan fingerprint density at radius 1 is 1.62 bits per heavy atom. The summed E-state index contributed by atoms with van der Waals surface area (Å²) in [6.45, 7) is 1.79. The van der Waals surface area contributed by atoms with E-state index in [-0.39, 0.29) is 0 Å². The number of nitrogens with zero attached hydrogens (tertiary/aromatic N) is 4. The van der Waals surface area contributed by atoms with Gasteiger partial charge >= 0.3 is 0 Å². The highest BCUT2D eigenvalue weighted by Gasteiger charge is 2.15. The first-order valence-electron chi connectivity index (χ1n) is 4.44. The van der Waals surface area contributed by atoms with Gasteiger partial charge in [-0.3, -0.25) is 4.68 Å². The van der Waals surface area contributed by atoms with E-state index < -0.39 is 0 Å². The molecule has 82 valence electrons. The van der Waals surface area contributed by atoms with Crippen LogP contribution in [0.1, 0.15) is 11.3 Å². The van der Waals surface area contributed by atoms with Crippen LogP contribution >= 0.6 is 15.9 Å². The van der Waals surface area contributed by atoms with E-state index in [2.05, 4.69) is 37.6 Å². The number of halogens is 1. The van der Waals surface area contributed by atoms with Crippen LogP contribution in [0.25, 0.3) is 0 Å². The van der Waals surface area contributed by atoms with Gasteiger partial charge in [-0.2, -0.15) is 10.4 Å². The molecule has 0 amide bonds. The highest BCUT2D eigenvalue weighted by molar-refractivity contribution is 9.10. The molecule has 0 saturated heterocycles.